The number of halogens is 1. The van der Waals surface area contributed by atoms with Gasteiger partial charge in [-0.2, -0.15) is 0 Å². The molecule has 21 heavy (non-hydrogen) atoms. The van der Waals surface area contributed by atoms with E-state index >= 15 is 0 Å². The average Bonchev–Trinajstić information content (AvgIpc) is 2.47. The van der Waals surface area contributed by atoms with Crippen molar-refractivity contribution in [3.05, 3.63) is 38.9 Å². The Bertz CT molecular complexity index is 496. The molecule has 1 atom stereocenters. The number of ether oxygens (including phenoxy) is 1. The Hall–Kier alpha value is -1.17. The van der Waals surface area contributed by atoms with Crippen LogP contribution in [0.25, 0.3) is 0 Å². The molecule has 1 fully saturated rings. The predicted molar refractivity (Wildman–Crippen MR) is 82.6 cm³/mol. The minimum Gasteiger partial charge on any atom is -0.377 e. The lowest BCUT2D eigenvalue weighted by atomic mass is 10.1. The lowest BCUT2D eigenvalue weighted by molar-refractivity contribution is -0.384. The highest BCUT2D eigenvalue weighted by Gasteiger charge is 2.21. The quantitative estimate of drug-likeness (QED) is 0.594. The van der Waals surface area contributed by atoms with Crippen LogP contribution in [0.1, 0.15) is 31.7 Å². The number of likely N-dealkylation sites (tertiary alicyclic amines) is 1. The van der Waals surface area contributed by atoms with E-state index in [0.29, 0.717) is 6.54 Å². The maximum Gasteiger partial charge on any atom is 0.288 e. The fourth-order valence-electron chi connectivity index (χ4n) is 2.63. The highest BCUT2D eigenvalue weighted by molar-refractivity contribution is 6.32. The smallest absolute Gasteiger partial charge is 0.288 e. The molecule has 2 rings (SSSR count). The maximum absolute atomic E-state index is 10.9. The van der Waals surface area contributed by atoms with Gasteiger partial charge in [0.15, 0.2) is 0 Å². The van der Waals surface area contributed by atoms with Gasteiger partial charge < -0.3 is 4.74 Å². The standard InChI is InChI=1S/C15H21ClN2O3/c1-2-8-21-13-4-3-7-17(11-13)10-12-5-6-14(16)15(9-12)18(19)20/h5-6,9,13H,2-4,7-8,10-11H2,1H3. The van der Waals surface area contributed by atoms with E-state index < -0.39 is 4.92 Å². The van der Waals surface area contributed by atoms with E-state index in [1.807, 2.05) is 6.07 Å². The third-order valence-electron chi connectivity index (χ3n) is 3.63. The Balaban J connectivity index is 1.97. The normalized spacial score (nSPS) is 19.6. The first-order valence-corrected chi connectivity index (χ1v) is 7.74. The number of hydrogen-bond donors (Lipinski definition) is 0. The van der Waals surface area contributed by atoms with Crippen LogP contribution >= 0.6 is 11.6 Å². The fraction of sp³-hybridized carbons (Fsp3) is 0.600. The molecule has 0 N–H and O–H groups in total. The summed E-state index contributed by atoms with van der Waals surface area (Å²) in [5.41, 5.74) is 0.896. The molecule has 1 aromatic rings. The van der Waals surface area contributed by atoms with Crippen molar-refractivity contribution < 1.29 is 9.66 Å². The number of benzene rings is 1. The lowest BCUT2D eigenvalue weighted by Crippen LogP contribution is -2.39. The zero-order chi connectivity index (χ0) is 15.2. The minimum absolute atomic E-state index is 0.0232. The third-order valence-corrected chi connectivity index (χ3v) is 3.95. The zero-order valence-electron chi connectivity index (χ0n) is 12.3. The fourth-order valence-corrected chi connectivity index (χ4v) is 2.82. The van der Waals surface area contributed by atoms with Gasteiger partial charge in [0.25, 0.3) is 5.69 Å². The average molecular weight is 313 g/mol. The maximum atomic E-state index is 10.9. The molecule has 1 aliphatic rings. The first-order valence-electron chi connectivity index (χ1n) is 7.37. The van der Waals surface area contributed by atoms with E-state index in [0.717, 1.165) is 44.5 Å². The zero-order valence-corrected chi connectivity index (χ0v) is 13.0. The summed E-state index contributed by atoms with van der Waals surface area (Å²) in [6, 6.07) is 5.02. The molecule has 1 unspecified atom stereocenters. The van der Waals surface area contributed by atoms with E-state index in [1.54, 1.807) is 12.1 Å². The highest BCUT2D eigenvalue weighted by atomic mass is 35.5. The molecule has 5 nitrogen and oxygen atoms in total. The van der Waals surface area contributed by atoms with Crippen molar-refractivity contribution in [2.75, 3.05) is 19.7 Å². The van der Waals surface area contributed by atoms with E-state index in [-0.39, 0.29) is 16.8 Å². The van der Waals surface area contributed by atoms with Crippen LogP contribution in [0.2, 0.25) is 5.02 Å². The van der Waals surface area contributed by atoms with Crippen molar-refractivity contribution in [3.8, 4) is 0 Å². The molecule has 1 heterocycles. The molecule has 6 heteroatoms. The van der Waals surface area contributed by atoms with Crippen molar-refractivity contribution in [2.45, 2.75) is 38.8 Å². The van der Waals surface area contributed by atoms with Gasteiger partial charge in [-0.25, -0.2) is 0 Å². The van der Waals surface area contributed by atoms with Crippen LogP contribution < -0.4 is 0 Å². The largest absolute Gasteiger partial charge is 0.377 e. The second-order valence-corrected chi connectivity index (χ2v) is 5.82. The van der Waals surface area contributed by atoms with E-state index in [9.17, 15) is 10.1 Å². The molecule has 1 aromatic carbocycles. The van der Waals surface area contributed by atoms with Crippen LogP contribution in [0, 0.1) is 10.1 Å². The number of rotatable bonds is 6. The first-order chi connectivity index (χ1) is 10.1. The van der Waals surface area contributed by atoms with Crippen LogP contribution in [0.4, 0.5) is 5.69 Å². The number of nitro groups is 1. The Labute approximate surface area is 130 Å². The molecule has 0 amide bonds. The summed E-state index contributed by atoms with van der Waals surface area (Å²) in [5, 5.41) is 11.1. The molecule has 0 radical (unpaired) electrons. The van der Waals surface area contributed by atoms with Crippen molar-refractivity contribution in [1.82, 2.24) is 4.90 Å². The number of hydrogen-bond acceptors (Lipinski definition) is 4. The van der Waals surface area contributed by atoms with Crippen LogP contribution in [0.5, 0.6) is 0 Å². The van der Waals surface area contributed by atoms with Crippen LogP contribution in [0.3, 0.4) is 0 Å². The summed E-state index contributed by atoms with van der Waals surface area (Å²) >= 11 is 5.84. The molecule has 0 spiro atoms. The monoisotopic (exact) mass is 312 g/mol. The molecule has 0 aromatic heterocycles. The number of nitrogens with zero attached hydrogens (tertiary/aromatic N) is 2. The van der Waals surface area contributed by atoms with Crippen molar-refractivity contribution in [3.63, 3.8) is 0 Å². The van der Waals surface area contributed by atoms with Gasteiger partial charge in [-0.05, 0) is 37.4 Å². The summed E-state index contributed by atoms with van der Waals surface area (Å²) in [5.74, 6) is 0. The predicted octanol–water partition coefficient (Wildman–Crippen LogP) is 3.64. The van der Waals surface area contributed by atoms with Crippen molar-refractivity contribution in [1.29, 1.82) is 0 Å². The Kier molecular flexibility index (Phi) is 5.96. The molecule has 0 bridgehead atoms. The van der Waals surface area contributed by atoms with E-state index in [2.05, 4.69) is 11.8 Å². The van der Waals surface area contributed by atoms with Gasteiger partial charge in [0.05, 0.1) is 11.0 Å². The molecule has 0 saturated carbocycles. The van der Waals surface area contributed by atoms with Crippen LogP contribution in [-0.4, -0.2) is 35.6 Å². The molecule has 0 aliphatic carbocycles. The molecule has 1 aliphatic heterocycles. The first kappa shape index (κ1) is 16.2. The van der Waals surface area contributed by atoms with Gasteiger partial charge in [-0.1, -0.05) is 24.6 Å². The second kappa shape index (κ2) is 7.73. The molecular weight excluding hydrogens is 292 g/mol. The topological polar surface area (TPSA) is 55.6 Å². The lowest BCUT2D eigenvalue weighted by Gasteiger charge is -2.32. The molecule has 1 saturated heterocycles. The summed E-state index contributed by atoms with van der Waals surface area (Å²) in [6.45, 7) is 5.49. The van der Waals surface area contributed by atoms with Crippen LogP contribution in [-0.2, 0) is 11.3 Å². The molecule has 116 valence electrons. The summed E-state index contributed by atoms with van der Waals surface area (Å²) in [6.07, 6.45) is 3.50. The minimum atomic E-state index is -0.435. The number of nitro benzene ring substituents is 1. The van der Waals surface area contributed by atoms with Crippen LogP contribution in [0.15, 0.2) is 18.2 Å². The molecular formula is C15H21ClN2O3. The summed E-state index contributed by atoms with van der Waals surface area (Å²) < 4.78 is 5.81. The van der Waals surface area contributed by atoms with Gasteiger partial charge in [-0.3, -0.25) is 15.0 Å². The summed E-state index contributed by atoms with van der Waals surface area (Å²) in [4.78, 5) is 12.8. The third kappa shape index (κ3) is 4.66. The van der Waals surface area contributed by atoms with Gasteiger partial charge in [0.1, 0.15) is 5.02 Å². The van der Waals surface area contributed by atoms with E-state index in [1.165, 1.54) is 0 Å². The Morgan fingerprint density at radius 3 is 3.05 bits per heavy atom. The van der Waals surface area contributed by atoms with Crippen molar-refractivity contribution >= 4 is 17.3 Å². The Morgan fingerprint density at radius 2 is 2.33 bits per heavy atom. The highest BCUT2D eigenvalue weighted by Crippen LogP contribution is 2.26. The van der Waals surface area contributed by atoms with Gasteiger partial charge in [0.2, 0.25) is 0 Å². The SMILES string of the molecule is CCCOC1CCCN(Cc2ccc(Cl)c([N+](=O)[O-])c2)C1. The van der Waals surface area contributed by atoms with Gasteiger partial charge in [0, 0.05) is 25.8 Å². The van der Waals surface area contributed by atoms with Crippen molar-refractivity contribution in [2.24, 2.45) is 0 Å². The Morgan fingerprint density at radius 1 is 1.52 bits per heavy atom. The number of piperidine rings is 1. The van der Waals surface area contributed by atoms with E-state index in [4.69, 9.17) is 16.3 Å². The summed E-state index contributed by atoms with van der Waals surface area (Å²) in [7, 11) is 0. The second-order valence-electron chi connectivity index (χ2n) is 5.41. The van der Waals surface area contributed by atoms with Gasteiger partial charge in [-0.15, -0.1) is 0 Å². The van der Waals surface area contributed by atoms with Gasteiger partial charge >= 0.3 is 0 Å².